The van der Waals surface area contributed by atoms with Gasteiger partial charge in [-0.15, -0.1) is 11.8 Å². The maximum Gasteiger partial charge on any atom is 0.243 e. The van der Waals surface area contributed by atoms with Crippen LogP contribution >= 0.6 is 27.7 Å². The molecule has 3 aromatic rings. The summed E-state index contributed by atoms with van der Waals surface area (Å²) < 4.78 is 0.947. The normalized spacial score (nSPS) is 11.8. The monoisotopic (exact) mass is 538 g/mol. The van der Waals surface area contributed by atoms with E-state index in [0.717, 1.165) is 20.5 Å². The second-order valence-electron chi connectivity index (χ2n) is 8.43. The van der Waals surface area contributed by atoms with E-state index in [9.17, 15) is 9.59 Å². The molecule has 0 aliphatic rings. The molecule has 0 heterocycles. The van der Waals surface area contributed by atoms with Crippen molar-refractivity contribution in [3.05, 3.63) is 101 Å². The first kappa shape index (κ1) is 26.0. The van der Waals surface area contributed by atoms with Crippen LogP contribution in [0.15, 0.2) is 94.3 Å². The van der Waals surface area contributed by atoms with Crippen LogP contribution in [0.5, 0.6) is 0 Å². The van der Waals surface area contributed by atoms with Crippen molar-refractivity contribution in [2.24, 2.45) is 0 Å². The summed E-state index contributed by atoms with van der Waals surface area (Å²) in [5.41, 5.74) is 2.01. The molecule has 3 aromatic carbocycles. The first-order chi connectivity index (χ1) is 16.4. The fourth-order valence-corrected chi connectivity index (χ4v) is 4.99. The SMILES string of the molecule is CC(C)NC(=O)[C@H](Cc1ccccc1)N(Cc1cccc(Br)c1)C(=O)CCSc1ccccc1. The van der Waals surface area contributed by atoms with Crippen LogP contribution in [-0.4, -0.2) is 34.6 Å². The molecule has 178 valence electrons. The van der Waals surface area contributed by atoms with Crippen LogP contribution < -0.4 is 5.32 Å². The molecule has 0 bridgehead atoms. The summed E-state index contributed by atoms with van der Waals surface area (Å²) in [7, 11) is 0. The predicted octanol–water partition coefficient (Wildman–Crippen LogP) is 6.10. The van der Waals surface area contributed by atoms with Crippen molar-refractivity contribution < 1.29 is 9.59 Å². The van der Waals surface area contributed by atoms with Crippen molar-refractivity contribution in [1.82, 2.24) is 10.2 Å². The minimum absolute atomic E-state index is 0.0118. The molecule has 0 unspecified atom stereocenters. The number of carbonyl (C=O) groups excluding carboxylic acids is 2. The quantitative estimate of drug-likeness (QED) is 0.300. The Morgan fingerprint density at radius 1 is 0.912 bits per heavy atom. The molecule has 0 aromatic heterocycles. The molecule has 1 atom stereocenters. The van der Waals surface area contributed by atoms with Crippen LogP contribution in [0.2, 0.25) is 0 Å². The molecular weight excluding hydrogens is 508 g/mol. The van der Waals surface area contributed by atoms with E-state index in [1.54, 1.807) is 16.7 Å². The Kier molecular flexibility index (Phi) is 10.2. The van der Waals surface area contributed by atoms with Gasteiger partial charge >= 0.3 is 0 Å². The largest absolute Gasteiger partial charge is 0.352 e. The van der Waals surface area contributed by atoms with E-state index in [4.69, 9.17) is 0 Å². The molecule has 4 nitrogen and oxygen atoms in total. The highest BCUT2D eigenvalue weighted by Gasteiger charge is 2.30. The summed E-state index contributed by atoms with van der Waals surface area (Å²) in [6.07, 6.45) is 0.818. The van der Waals surface area contributed by atoms with E-state index in [0.29, 0.717) is 25.1 Å². The van der Waals surface area contributed by atoms with Crippen molar-refractivity contribution in [3.8, 4) is 0 Å². The van der Waals surface area contributed by atoms with Crippen LogP contribution in [0.3, 0.4) is 0 Å². The van der Waals surface area contributed by atoms with Crippen LogP contribution in [0, 0.1) is 0 Å². The van der Waals surface area contributed by atoms with Gasteiger partial charge in [0.15, 0.2) is 0 Å². The number of amides is 2. The summed E-state index contributed by atoms with van der Waals surface area (Å²) >= 11 is 5.18. The zero-order valence-corrected chi connectivity index (χ0v) is 22.0. The van der Waals surface area contributed by atoms with E-state index in [1.807, 2.05) is 98.8 Å². The highest BCUT2D eigenvalue weighted by atomic mass is 79.9. The lowest BCUT2D eigenvalue weighted by Gasteiger charge is -2.32. The number of carbonyl (C=O) groups is 2. The van der Waals surface area contributed by atoms with Gasteiger partial charge < -0.3 is 10.2 Å². The highest BCUT2D eigenvalue weighted by Crippen LogP contribution is 2.21. The number of halogens is 1. The predicted molar refractivity (Wildman–Crippen MR) is 144 cm³/mol. The Bertz CT molecular complexity index is 1060. The minimum Gasteiger partial charge on any atom is -0.352 e. The van der Waals surface area contributed by atoms with E-state index in [1.165, 1.54) is 0 Å². The summed E-state index contributed by atoms with van der Waals surface area (Å²) in [6, 6.07) is 27.2. The minimum atomic E-state index is -0.599. The number of hydrogen-bond acceptors (Lipinski definition) is 3. The lowest BCUT2D eigenvalue weighted by Crippen LogP contribution is -2.51. The third-order valence-electron chi connectivity index (χ3n) is 5.27. The van der Waals surface area contributed by atoms with Gasteiger partial charge in [-0.05, 0) is 49.2 Å². The molecule has 2 amide bonds. The van der Waals surface area contributed by atoms with Crippen LogP contribution in [-0.2, 0) is 22.6 Å². The van der Waals surface area contributed by atoms with Gasteiger partial charge in [-0.3, -0.25) is 9.59 Å². The Labute approximate surface area is 215 Å². The standard InChI is InChI=1S/C28H31BrN2O2S/c1-21(2)30-28(33)26(19-22-10-5-3-6-11-22)31(20-23-12-9-13-24(29)18-23)27(32)16-17-34-25-14-7-4-8-15-25/h3-15,18,21,26H,16-17,19-20H2,1-2H3,(H,30,33)/t26-/m0/s1. The average Bonchev–Trinajstić information content (AvgIpc) is 2.82. The van der Waals surface area contributed by atoms with Gasteiger partial charge in [0.05, 0.1) is 0 Å². The number of nitrogens with one attached hydrogen (secondary N) is 1. The fraction of sp³-hybridized carbons (Fsp3) is 0.286. The Morgan fingerprint density at radius 3 is 2.21 bits per heavy atom. The van der Waals surface area contributed by atoms with Gasteiger partial charge in [0.2, 0.25) is 11.8 Å². The molecule has 34 heavy (non-hydrogen) atoms. The molecule has 1 N–H and O–H groups in total. The Hall–Kier alpha value is -2.57. The van der Waals surface area contributed by atoms with Gasteiger partial charge in [0, 0.05) is 40.5 Å². The van der Waals surface area contributed by atoms with Crippen molar-refractivity contribution in [1.29, 1.82) is 0 Å². The zero-order chi connectivity index (χ0) is 24.3. The van der Waals surface area contributed by atoms with Crippen molar-refractivity contribution >= 4 is 39.5 Å². The molecule has 0 aliphatic heterocycles. The molecule has 0 aliphatic carbocycles. The number of hydrogen-bond donors (Lipinski definition) is 1. The maximum absolute atomic E-state index is 13.6. The smallest absolute Gasteiger partial charge is 0.243 e. The molecular formula is C28H31BrN2O2S. The van der Waals surface area contributed by atoms with Gasteiger partial charge in [-0.2, -0.15) is 0 Å². The van der Waals surface area contributed by atoms with E-state index in [-0.39, 0.29) is 17.9 Å². The van der Waals surface area contributed by atoms with Gasteiger partial charge in [-0.1, -0.05) is 76.6 Å². The van der Waals surface area contributed by atoms with Gasteiger partial charge in [-0.25, -0.2) is 0 Å². The molecule has 0 fully saturated rings. The highest BCUT2D eigenvalue weighted by molar-refractivity contribution is 9.10. The van der Waals surface area contributed by atoms with Crippen LogP contribution in [0.4, 0.5) is 0 Å². The summed E-state index contributed by atoms with van der Waals surface area (Å²) in [6.45, 7) is 4.25. The molecule has 0 saturated carbocycles. The Balaban J connectivity index is 1.85. The summed E-state index contributed by atoms with van der Waals surface area (Å²) in [5, 5.41) is 3.03. The third-order valence-corrected chi connectivity index (χ3v) is 6.78. The lowest BCUT2D eigenvalue weighted by atomic mass is 10.0. The first-order valence-corrected chi connectivity index (χ1v) is 13.3. The van der Waals surface area contributed by atoms with Gasteiger partial charge in [0.25, 0.3) is 0 Å². The second kappa shape index (κ2) is 13.4. The molecule has 3 rings (SSSR count). The fourth-order valence-electron chi connectivity index (χ4n) is 3.68. The molecule has 0 radical (unpaired) electrons. The number of benzene rings is 3. The lowest BCUT2D eigenvalue weighted by molar-refractivity contribution is -0.141. The van der Waals surface area contributed by atoms with E-state index < -0.39 is 6.04 Å². The molecule has 6 heteroatoms. The second-order valence-corrected chi connectivity index (χ2v) is 10.5. The maximum atomic E-state index is 13.6. The summed E-state index contributed by atoms with van der Waals surface area (Å²) in [4.78, 5) is 29.8. The summed E-state index contributed by atoms with van der Waals surface area (Å²) in [5.74, 6) is 0.503. The third kappa shape index (κ3) is 8.33. The average molecular weight is 540 g/mol. The number of nitrogens with zero attached hydrogens (tertiary/aromatic N) is 1. The van der Waals surface area contributed by atoms with Crippen molar-refractivity contribution in [2.75, 3.05) is 5.75 Å². The topological polar surface area (TPSA) is 49.4 Å². The van der Waals surface area contributed by atoms with E-state index in [2.05, 4.69) is 21.2 Å². The van der Waals surface area contributed by atoms with E-state index >= 15 is 0 Å². The van der Waals surface area contributed by atoms with Crippen molar-refractivity contribution in [3.63, 3.8) is 0 Å². The first-order valence-electron chi connectivity index (χ1n) is 11.5. The number of thioether (sulfide) groups is 1. The van der Waals surface area contributed by atoms with Crippen LogP contribution in [0.25, 0.3) is 0 Å². The Morgan fingerprint density at radius 2 is 1.56 bits per heavy atom. The van der Waals surface area contributed by atoms with Crippen molar-refractivity contribution in [2.45, 2.75) is 50.2 Å². The van der Waals surface area contributed by atoms with Gasteiger partial charge in [0.1, 0.15) is 6.04 Å². The number of rotatable bonds is 11. The molecule has 0 saturated heterocycles. The van der Waals surface area contributed by atoms with Crippen LogP contribution in [0.1, 0.15) is 31.4 Å². The molecule has 0 spiro atoms. The zero-order valence-electron chi connectivity index (χ0n) is 19.6.